The fourth-order valence-electron chi connectivity index (χ4n) is 2.04. The van der Waals surface area contributed by atoms with Gasteiger partial charge in [0.2, 0.25) is 0 Å². The molecule has 0 aromatic carbocycles. The number of rotatable bonds is 5. The van der Waals surface area contributed by atoms with Gasteiger partial charge in [-0.1, -0.05) is 20.3 Å². The third kappa shape index (κ3) is 8.13. The molecule has 1 aliphatic rings. The van der Waals surface area contributed by atoms with Crippen LogP contribution in [0.2, 0.25) is 0 Å². The van der Waals surface area contributed by atoms with Crippen molar-refractivity contribution in [2.45, 2.75) is 33.1 Å². The van der Waals surface area contributed by atoms with Crippen molar-refractivity contribution in [2.75, 3.05) is 39.8 Å². The zero-order valence-electron chi connectivity index (χ0n) is 12.0. The van der Waals surface area contributed by atoms with Crippen molar-refractivity contribution in [1.29, 1.82) is 0 Å². The van der Waals surface area contributed by atoms with E-state index in [4.69, 9.17) is 0 Å². The molecule has 1 rings (SSSR count). The first-order valence-corrected chi connectivity index (χ1v) is 6.89. The van der Waals surface area contributed by atoms with E-state index in [-0.39, 0.29) is 24.0 Å². The predicted molar refractivity (Wildman–Crippen MR) is 89.9 cm³/mol. The minimum Gasteiger partial charge on any atom is -0.356 e. The third-order valence-corrected chi connectivity index (χ3v) is 3.07. The standard InChI is InChI=1S/C13H28N4.HI/c1-12(2)11-16-13(14-3)15-7-10-17-8-5-4-6-9-17;/h12H,4-11H2,1-3H3,(H2,14,15,16);1H. The molecule has 1 fully saturated rings. The second-order valence-electron chi connectivity index (χ2n) is 5.18. The Hall–Kier alpha value is -0.0400. The van der Waals surface area contributed by atoms with E-state index in [0.29, 0.717) is 5.92 Å². The van der Waals surface area contributed by atoms with Crippen molar-refractivity contribution < 1.29 is 0 Å². The molecule has 1 aliphatic heterocycles. The molecule has 0 atom stereocenters. The molecule has 0 spiro atoms. The smallest absolute Gasteiger partial charge is 0.191 e. The van der Waals surface area contributed by atoms with Gasteiger partial charge >= 0.3 is 0 Å². The number of hydrogen-bond donors (Lipinski definition) is 2. The van der Waals surface area contributed by atoms with Gasteiger partial charge in [0.25, 0.3) is 0 Å². The molecular formula is C13H29IN4. The van der Waals surface area contributed by atoms with Gasteiger partial charge in [-0.2, -0.15) is 0 Å². The minimum atomic E-state index is 0. The van der Waals surface area contributed by atoms with Gasteiger partial charge in [0.05, 0.1) is 0 Å². The van der Waals surface area contributed by atoms with Crippen LogP contribution in [0.3, 0.4) is 0 Å². The van der Waals surface area contributed by atoms with Gasteiger partial charge in [0.15, 0.2) is 5.96 Å². The summed E-state index contributed by atoms with van der Waals surface area (Å²) in [5, 5.41) is 6.70. The lowest BCUT2D eigenvalue weighted by Gasteiger charge is -2.26. The van der Waals surface area contributed by atoms with Gasteiger partial charge < -0.3 is 15.5 Å². The molecule has 18 heavy (non-hydrogen) atoms. The summed E-state index contributed by atoms with van der Waals surface area (Å²) < 4.78 is 0. The normalized spacial score (nSPS) is 17.4. The number of aliphatic imine (C=N–C) groups is 1. The molecule has 0 aromatic rings. The molecule has 2 N–H and O–H groups in total. The van der Waals surface area contributed by atoms with Crippen molar-refractivity contribution in [3.63, 3.8) is 0 Å². The summed E-state index contributed by atoms with van der Waals surface area (Å²) in [5.74, 6) is 1.58. The number of hydrogen-bond acceptors (Lipinski definition) is 2. The van der Waals surface area contributed by atoms with Gasteiger partial charge in [0.1, 0.15) is 0 Å². The van der Waals surface area contributed by atoms with E-state index in [9.17, 15) is 0 Å². The SMILES string of the molecule is CN=C(NCCN1CCCCC1)NCC(C)C.I. The van der Waals surface area contributed by atoms with Crippen LogP contribution >= 0.6 is 24.0 Å². The van der Waals surface area contributed by atoms with E-state index < -0.39 is 0 Å². The Kier molecular flexibility index (Phi) is 10.8. The Balaban J connectivity index is 0.00000289. The molecule has 4 nitrogen and oxygen atoms in total. The van der Waals surface area contributed by atoms with Crippen molar-refractivity contribution >= 4 is 29.9 Å². The number of guanidine groups is 1. The number of nitrogens with one attached hydrogen (secondary N) is 2. The zero-order chi connectivity index (χ0) is 12.5. The maximum atomic E-state index is 4.22. The van der Waals surface area contributed by atoms with Crippen LogP contribution < -0.4 is 10.6 Å². The second kappa shape index (κ2) is 10.8. The van der Waals surface area contributed by atoms with E-state index >= 15 is 0 Å². The summed E-state index contributed by atoms with van der Waals surface area (Å²) in [6.45, 7) is 10.0. The molecule has 1 heterocycles. The van der Waals surface area contributed by atoms with E-state index in [1.807, 2.05) is 7.05 Å². The van der Waals surface area contributed by atoms with E-state index in [2.05, 4.69) is 34.4 Å². The molecule has 0 aliphatic carbocycles. The van der Waals surface area contributed by atoms with Crippen molar-refractivity contribution in [3.8, 4) is 0 Å². The molecule has 0 unspecified atom stereocenters. The first-order valence-electron chi connectivity index (χ1n) is 6.89. The van der Waals surface area contributed by atoms with Crippen LogP contribution in [0.5, 0.6) is 0 Å². The highest BCUT2D eigenvalue weighted by Gasteiger charge is 2.09. The molecule has 0 aromatic heterocycles. The van der Waals surface area contributed by atoms with Crippen LogP contribution in [0, 0.1) is 5.92 Å². The van der Waals surface area contributed by atoms with Gasteiger partial charge in [-0.15, -0.1) is 24.0 Å². The van der Waals surface area contributed by atoms with Gasteiger partial charge in [-0.05, 0) is 31.8 Å². The van der Waals surface area contributed by atoms with E-state index in [1.165, 1.54) is 32.4 Å². The molecular weight excluding hydrogens is 339 g/mol. The van der Waals surface area contributed by atoms with Gasteiger partial charge in [-0.3, -0.25) is 4.99 Å². The van der Waals surface area contributed by atoms with E-state index in [1.54, 1.807) is 0 Å². The fraction of sp³-hybridized carbons (Fsp3) is 0.923. The molecule has 0 saturated carbocycles. The molecule has 5 heteroatoms. The quantitative estimate of drug-likeness (QED) is 0.443. The highest BCUT2D eigenvalue weighted by atomic mass is 127. The maximum Gasteiger partial charge on any atom is 0.191 e. The third-order valence-electron chi connectivity index (χ3n) is 3.07. The second-order valence-corrected chi connectivity index (χ2v) is 5.18. The number of nitrogens with zero attached hydrogens (tertiary/aromatic N) is 2. The summed E-state index contributed by atoms with van der Waals surface area (Å²) in [7, 11) is 1.83. The Labute approximate surface area is 129 Å². The first kappa shape index (κ1) is 18.0. The largest absolute Gasteiger partial charge is 0.356 e. The molecule has 1 saturated heterocycles. The number of halogens is 1. The van der Waals surface area contributed by atoms with Crippen LogP contribution in [0.4, 0.5) is 0 Å². The fourth-order valence-corrected chi connectivity index (χ4v) is 2.04. The average Bonchev–Trinajstić information content (AvgIpc) is 2.34. The van der Waals surface area contributed by atoms with Crippen LogP contribution in [0.1, 0.15) is 33.1 Å². The zero-order valence-corrected chi connectivity index (χ0v) is 14.4. The number of piperidine rings is 1. The monoisotopic (exact) mass is 368 g/mol. The summed E-state index contributed by atoms with van der Waals surface area (Å²) in [6, 6.07) is 0. The topological polar surface area (TPSA) is 39.7 Å². The lowest BCUT2D eigenvalue weighted by atomic mass is 10.1. The average molecular weight is 368 g/mol. The lowest BCUT2D eigenvalue weighted by Crippen LogP contribution is -2.43. The van der Waals surface area contributed by atoms with E-state index in [0.717, 1.165) is 25.6 Å². The number of likely N-dealkylation sites (tertiary alicyclic amines) is 1. The molecule has 108 valence electrons. The summed E-state index contributed by atoms with van der Waals surface area (Å²) in [4.78, 5) is 6.75. The van der Waals surface area contributed by atoms with Crippen LogP contribution in [0.15, 0.2) is 4.99 Å². The Morgan fingerprint density at radius 3 is 2.39 bits per heavy atom. The Morgan fingerprint density at radius 1 is 1.17 bits per heavy atom. The van der Waals surface area contributed by atoms with Crippen molar-refractivity contribution in [1.82, 2.24) is 15.5 Å². The van der Waals surface area contributed by atoms with Crippen molar-refractivity contribution in [2.24, 2.45) is 10.9 Å². The van der Waals surface area contributed by atoms with Crippen molar-refractivity contribution in [3.05, 3.63) is 0 Å². The van der Waals surface area contributed by atoms with Crippen LogP contribution in [-0.2, 0) is 0 Å². The molecule has 0 radical (unpaired) electrons. The highest BCUT2D eigenvalue weighted by Crippen LogP contribution is 2.07. The highest BCUT2D eigenvalue weighted by molar-refractivity contribution is 14.0. The van der Waals surface area contributed by atoms with Gasteiger partial charge in [0, 0.05) is 26.7 Å². The molecule has 0 amide bonds. The molecule has 0 bridgehead atoms. The summed E-state index contributed by atoms with van der Waals surface area (Å²) in [6.07, 6.45) is 4.13. The maximum absolute atomic E-state index is 4.22. The predicted octanol–water partition coefficient (Wildman–Crippen LogP) is 1.91. The Bertz CT molecular complexity index is 225. The minimum absolute atomic E-state index is 0. The van der Waals surface area contributed by atoms with Crippen LogP contribution in [-0.4, -0.2) is 50.6 Å². The Morgan fingerprint density at radius 2 is 1.83 bits per heavy atom. The van der Waals surface area contributed by atoms with Gasteiger partial charge in [-0.25, -0.2) is 0 Å². The lowest BCUT2D eigenvalue weighted by molar-refractivity contribution is 0.232. The summed E-state index contributed by atoms with van der Waals surface area (Å²) >= 11 is 0. The van der Waals surface area contributed by atoms with Crippen LogP contribution in [0.25, 0.3) is 0 Å². The summed E-state index contributed by atoms with van der Waals surface area (Å²) in [5.41, 5.74) is 0. The first-order chi connectivity index (χ1) is 8.22.